The van der Waals surface area contributed by atoms with Gasteiger partial charge < -0.3 is 11.1 Å². The maximum absolute atomic E-state index is 13.7. The fourth-order valence-electron chi connectivity index (χ4n) is 2.08. The number of aromatic nitrogens is 1. The first-order valence-electron chi connectivity index (χ1n) is 6.82. The highest BCUT2D eigenvalue weighted by Crippen LogP contribution is 2.17. The van der Waals surface area contributed by atoms with Crippen molar-refractivity contribution < 1.29 is 9.18 Å². The highest BCUT2D eigenvalue weighted by molar-refractivity contribution is 5.95. The molecule has 1 aromatic heterocycles. The van der Waals surface area contributed by atoms with E-state index in [1.54, 1.807) is 0 Å². The summed E-state index contributed by atoms with van der Waals surface area (Å²) in [5, 5.41) is 2.71. The van der Waals surface area contributed by atoms with Crippen molar-refractivity contribution in [2.45, 2.75) is 19.3 Å². The number of amides is 1. The van der Waals surface area contributed by atoms with Gasteiger partial charge in [0, 0.05) is 12.7 Å². The third kappa shape index (κ3) is 3.78. The smallest absolute Gasteiger partial charge is 0.254 e. The second kappa shape index (κ2) is 6.83. The Morgan fingerprint density at radius 2 is 2.05 bits per heavy atom. The molecule has 4 nitrogen and oxygen atoms in total. The third-order valence-corrected chi connectivity index (χ3v) is 3.39. The van der Waals surface area contributed by atoms with Gasteiger partial charge in [0.2, 0.25) is 0 Å². The number of nitrogens with one attached hydrogen (secondary N) is 1. The Hall–Kier alpha value is -2.43. The lowest BCUT2D eigenvalue weighted by atomic mass is 9.98. The molecule has 0 aliphatic carbocycles. The summed E-state index contributed by atoms with van der Waals surface area (Å²) in [4.78, 5) is 15.5. The molecular weight excluding hydrogens is 269 g/mol. The molecule has 0 bridgehead atoms. The molecule has 0 saturated heterocycles. The van der Waals surface area contributed by atoms with Crippen LogP contribution in [0.15, 0.2) is 42.6 Å². The monoisotopic (exact) mass is 287 g/mol. The summed E-state index contributed by atoms with van der Waals surface area (Å²) >= 11 is 0. The Morgan fingerprint density at radius 1 is 1.33 bits per heavy atom. The minimum Gasteiger partial charge on any atom is -0.381 e. The summed E-state index contributed by atoms with van der Waals surface area (Å²) in [6.07, 6.45) is 2.10. The normalized spacial score (nSPS) is 11.9. The summed E-state index contributed by atoms with van der Waals surface area (Å²) in [6.45, 7) is 2.56. The first-order valence-corrected chi connectivity index (χ1v) is 6.82. The van der Waals surface area contributed by atoms with Gasteiger partial charge in [-0.2, -0.15) is 0 Å². The number of pyridine rings is 1. The number of hydrogen-bond donors (Lipinski definition) is 2. The highest BCUT2D eigenvalue weighted by atomic mass is 19.1. The number of carbonyl (C=O) groups is 1. The Bertz CT molecular complexity index is 616. The standard InChI is InChI=1S/C16H18FN3O/c1-11(12-5-3-2-4-6-12)7-9-20-16(21)13-8-10-19-15(18)14(13)17/h2-6,8,10-11H,7,9H2,1H3,(H2,18,19)(H,20,21). The van der Waals surface area contributed by atoms with Gasteiger partial charge in [-0.05, 0) is 24.0 Å². The summed E-state index contributed by atoms with van der Waals surface area (Å²) < 4.78 is 13.7. The van der Waals surface area contributed by atoms with Crippen LogP contribution in [0.3, 0.4) is 0 Å². The Labute approximate surface area is 123 Å². The molecule has 0 spiro atoms. The molecule has 1 amide bonds. The largest absolute Gasteiger partial charge is 0.381 e. The maximum atomic E-state index is 13.7. The van der Waals surface area contributed by atoms with E-state index in [9.17, 15) is 9.18 Å². The summed E-state index contributed by atoms with van der Waals surface area (Å²) in [5.41, 5.74) is 6.48. The zero-order chi connectivity index (χ0) is 15.2. The molecular formula is C16H18FN3O. The molecule has 21 heavy (non-hydrogen) atoms. The predicted octanol–water partition coefficient (Wildman–Crippen LogP) is 2.73. The molecule has 1 heterocycles. The SMILES string of the molecule is CC(CCNC(=O)c1ccnc(N)c1F)c1ccccc1. The minimum absolute atomic E-state index is 0.0742. The lowest BCUT2D eigenvalue weighted by Gasteiger charge is -2.12. The molecule has 1 atom stereocenters. The van der Waals surface area contributed by atoms with Gasteiger partial charge in [0.05, 0.1) is 5.56 Å². The van der Waals surface area contributed by atoms with Crippen LogP contribution in [-0.2, 0) is 0 Å². The van der Waals surface area contributed by atoms with Crippen LogP contribution in [0, 0.1) is 5.82 Å². The van der Waals surface area contributed by atoms with Gasteiger partial charge in [-0.25, -0.2) is 9.37 Å². The summed E-state index contributed by atoms with van der Waals surface area (Å²) in [7, 11) is 0. The molecule has 110 valence electrons. The van der Waals surface area contributed by atoms with Crippen LogP contribution in [0.2, 0.25) is 0 Å². The van der Waals surface area contributed by atoms with Crippen molar-refractivity contribution in [1.29, 1.82) is 0 Å². The number of carbonyl (C=O) groups excluding carboxylic acids is 1. The molecule has 3 N–H and O–H groups in total. The van der Waals surface area contributed by atoms with Gasteiger partial charge in [-0.15, -0.1) is 0 Å². The minimum atomic E-state index is -0.772. The Morgan fingerprint density at radius 3 is 2.76 bits per heavy atom. The van der Waals surface area contributed by atoms with Crippen LogP contribution in [-0.4, -0.2) is 17.4 Å². The fraction of sp³-hybridized carbons (Fsp3) is 0.250. The van der Waals surface area contributed by atoms with Crippen LogP contribution >= 0.6 is 0 Å². The fourth-order valence-corrected chi connectivity index (χ4v) is 2.08. The second-order valence-electron chi connectivity index (χ2n) is 4.91. The molecule has 1 unspecified atom stereocenters. The zero-order valence-corrected chi connectivity index (χ0v) is 11.8. The van der Waals surface area contributed by atoms with Crippen molar-refractivity contribution >= 4 is 11.7 Å². The predicted molar refractivity (Wildman–Crippen MR) is 80.4 cm³/mol. The van der Waals surface area contributed by atoms with Gasteiger partial charge in [-0.3, -0.25) is 4.79 Å². The van der Waals surface area contributed by atoms with E-state index in [0.29, 0.717) is 12.5 Å². The van der Waals surface area contributed by atoms with Gasteiger partial charge >= 0.3 is 0 Å². The molecule has 0 saturated carbocycles. The van der Waals surface area contributed by atoms with E-state index in [1.807, 2.05) is 18.2 Å². The zero-order valence-electron chi connectivity index (χ0n) is 11.8. The van der Waals surface area contributed by atoms with Crippen molar-refractivity contribution in [1.82, 2.24) is 10.3 Å². The number of benzene rings is 1. The van der Waals surface area contributed by atoms with Crippen LogP contribution in [0.1, 0.15) is 35.2 Å². The van der Waals surface area contributed by atoms with E-state index in [-0.39, 0.29) is 11.4 Å². The van der Waals surface area contributed by atoms with Crippen molar-refractivity contribution in [2.75, 3.05) is 12.3 Å². The molecule has 1 aromatic carbocycles. The van der Waals surface area contributed by atoms with Crippen molar-refractivity contribution in [2.24, 2.45) is 0 Å². The van der Waals surface area contributed by atoms with E-state index >= 15 is 0 Å². The van der Waals surface area contributed by atoms with Crippen molar-refractivity contribution in [3.05, 3.63) is 59.5 Å². The maximum Gasteiger partial charge on any atom is 0.254 e. The van der Waals surface area contributed by atoms with E-state index in [1.165, 1.54) is 17.8 Å². The Balaban J connectivity index is 1.89. The van der Waals surface area contributed by atoms with Gasteiger partial charge in [0.1, 0.15) is 0 Å². The third-order valence-electron chi connectivity index (χ3n) is 3.39. The average Bonchev–Trinajstić information content (AvgIpc) is 2.50. The second-order valence-corrected chi connectivity index (χ2v) is 4.91. The molecule has 2 aromatic rings. The van der Waals surface area contributed by atoms with E-state index < -0.39 is 11.7 Å². The molecule has 0 radical (unpaired) electrons. The average molecular weight is 287 g/mol. The number of halogens is 1. The lowest BCUT2D eigenvalue weighted by molar-refractivity contribution is 0.0948. The van der Waals surface area contributed by atoms with Gasteiger partial charge in [0.15, 0.2) is 11.6 Å². The van der Waals surface area contributed by atoms with Crippen molar-refractivity contribution in [3.8, 4) is 0 Å². The first-order chi connectivity index (χ1) is 10.1. The lowest BCUT2D eigenvalue weighted by Crippen LogP contribution is -2.26. The van der Waals surface area contributed by atoms with Crippen LogP contribution in [0.4, 0.5) is 10.2 Å². The van der Waals surface area contributed by atoms with Gasteiger partial charge in [-0.1, -0.05) is 37.3 Å². The number of rotatable bonds is 5. The molecule has 0 aliphatic heterocycles. The van der Waals surface area contributed by atoms with E-state index in [4.69, 9.17) is 5.73 Å². The number of nitrogen functional groups attached to an aromatic ring is 1. The van der Waals surface area contributed by atoms with Crippen LogP contribution in [0.5, 0.6) is 0 Å². The van der Waals surface area contributed by atoms with Crippen molar-refractivity contribution in [3.63, 3.8) is 0 Å². The Kier molecular flexibility index (Phi) is 4.87. The number of anilines is 1. The summed E-state index contributed by atoms with van der Waals surface area (Å²) in [6, 6.07) is 11.4. The first kappa shape index (κ1) is 15.0. The number of hydrogen-bond acceptors (Lipinski definition) is 3. The highest BCUT2D eigenvalue weighted by Gasteiger charge is 2.14. The van der Waals surface area contributed by atoms with Crippen LogP contribution in [0.25, 0.3) is 0 Å². The van der Waals surface area contributed by atoms with E-state index in [2.05, 4.69) is 29.4 Å². The molecule has 5 heteroatoms. The van der Waals surface area contributed by atoms with Gasteiger partial charge in [0.25, 0.3) is 5.91 Å². The quantitative estimate of drug-likeness (QED) is 0.888. The topological polar surface area (TPSA) is 68.0 Å². The molecule has 2 rings (SSSR count). The van der Waals surface area contributed by atoms with E-state index in [0.717, 1.165) is 6.42 Å². The summed E-state index contributed by atoms with van der Waals surface area (Å²) in [5.74, 6) is -1.19. The van der Waals surface area contributed by atoms with Crippen LogP contribution < -0.4 is 11.1 Å². The molecule has 0 aliphatic rings. The molecule has 0 fully saturated rings. The number of nitrogens with two attached hydrogens (primary N) is 1. The number of nitrogens with zero attached hydrogens (tertiary/aromatic N) is 1.